The first-order valence-corrected chi connectivity index (χ1v) is 7.38. The molecule has 0 radical (unpaired) electrons. The molecule has 1 N–H and O–H groups in total. The van der Waals surface area contributed by atoms with Crippen molar-refractivity contribution in [3.8, 4) is 11.5 Å². The number of ether oxygens (including phenoxy) is 2. The molecule has 0 saturated heterocycles. The number of hydroxylamine groups is 1. The molecule has 23 heavy (non-hydrogen) atoms. The van der Waals surface area contributed by atoms with Crippen molar-refractivity contribution in [2.24, 2.45) is 0 Å². The number of benzene rings is 2. The summed E-state index contributed by atoms with van der Waals surface area (Å²) in [4.78, 5) is 17.0. The second-order valence-electron chi connectivity index (χ2n) is 5.02. The molecule has 0 aromatic heterocycles. The first kappa shape index (κ1) is 16.8. The highest BCUT2D eigenvalue weighted by atomic mass is 16.6. The van der Waals surface area contributed by atoms with Crippen molar-refractivity contribution in [2.75, 3.05) is 14.2 Å². The van der Waals surface area contributed by atoms with Crippen LogP contribution >= 0.6 is 0 Å². The van der Waals surface area contributed by atoms with Gasteiger partial charge in [0.1, 0.15) is 11.5 Å². The van der Waals surface area contributed by atoms with E-state index in [-0.39, 0.29) is 5.91 Å². The molecule has 0 spiro atoms. The van der Waals surface area contributed by atoms with Gasteiger partial charge in [0, 0.05) is 12.5 Å². The van der Waals surface area contributed by atoms with E-state index in [4.69, 9.17) is 14.3 Å². The van der Waals surface area contributed by atoms with Crippen LogP contribution in [0.3, 0.4) is 0 Å². The van der Waals surface area contributed by atoms with Gasteiger partial charge >= 0.3 is 0 Å². The molecule has 1 amide bonds. The molecule has 0 atom stereocenters. The molecule has 122 valence electrons. The van der Waals surface area contributed by atoms with Gasteiger partial charge in [-0.2, -0.15) is 0 Å². The number of rotatable bonds is 8. The maximum absolute atomic E-state index is 11.8. The average Bonchev–Trinajstić information content (AvgIpc) is 2.60. The van der Waals surface area contributed by atoms with E-state index in [1.54, 1.807) is 20.3 Å². The van der Waals surface area contributed by atoms with Crippen LogP contribution in [0.4, 0.5) is 0 Å². The van der Waals surface area contributed by atoms with E-state index in [1.807, 2.05) is 42.5 Å². The molecule has 0 unspecified atom stereocenters. The van der Waals surface area contributed by atoms with Gasteiger partial charge in [-0.25, -0.2) is 5.48 Å². The maximum atomic E-state index is 11.8. The third-order valence-corrected chi connectivity index (χ3v) is 3.32. The second-order valence-corrected chi connectivity index (χ2v) is 5.02. The SMILES string of the molecule is COc1cc(CCC(=O)NOCc2ccccc2)cc(OC)c1. The summed E-state index contributed by atoms with van der Waals surface area (Å²) < 4.78 is 10.4. The van der Waals surface area contributed by atoms with Gasteiger partial charge < -0.3 is 9.47 Å². The Kier molecular flexibility index (Phi) is 6.44. The summed E-state index contributed by atoms with van der Waals surface area (Å²) in [7, 11) is 3.20. The van der Waals surface area contributed by atoms with E-state index < -0.39 is 0 Å². The first-order chi connectivity index (χ1) is 11.2. The molecule has 0 aliphatic heterocycles. The molecule has 0 aliphatic carbocycles. The highest BCUT2D eigenvalue weighted by Crippen LogP contribution is 2.23. The van der Waals surface area contributed by atoms with Crippen molar-refractivity contribution in [3.05, 3.63) is 59.7 Å². The molecule has 0 saturated carbocycles. The Morgan fingerprint density at radius 3 is 2.22 bits per heavy atom. The van der Waals surface area contributed by atoms with Crippen molar-refractivity contribution >= 4 is 5.91 Å². The number of amides is 1. The molecule has 0 aliphatic rings. The third-order valence-electron chi connectivity index (χ3n) is 3.32. The van der Waals surface area contributed by atoms with Crippen LogP contribution in [0.25, 0.3) is 0 Å². The fourth-order valence-corrected chi connectivity index (χ4v) is 2.09. The Morgan fingerprint density at radius 1 is 0.957 bits per heavy atom. The van der Waals surface area contributed by atoms with Crippen LogP contribution in [0.15, 0.2) is 48.5 Å². The van der Waals surface area contributed by atoms with E-state index in [0.717, 1.165) is 11.1 Å². The van der Waals surface area contributed by atoms with Gasteiger partial charge in [0.25, 0.3) is 0 Å². The minimum absolute atomic E-state index is 0.164. The van der Waals surface area contributed by atoms with Gasteiger partial charge in [-0.1, -0.05) is 30.3 Å². The average molecular weight is 315 g/mol. The van der Waals surface area contributed by atoms with Crippen molar-refractivity contribution in [1.82, 2.24) is 5.48 Å². The van der Waals surface area contributed by atoms with Crippen molar-refractivity contribution < 1.29 is 19.1 Å². The lowest BCUT2D eigenvalue weighted by molar-refractivity contribution is -0.134. The van der Waals surface area contributed by atoms with Gasteiger partial charge in [-0.3, -0.25) is 9.63 Å². The molecule has 5 heteroatoms. The highest BCUT2D eigenvalue weighted by Gasteiger charge is 2.06. The topological polar surface area (TPSA) is 56.8 Å². The first-order valence-electron chi connectivity index (χ1n) is 7.38. The van der Waals surface area contributed by atoms with E-state index in [0.29, 0.717) is 30.9 Å². The zero-order chi connectivity index (χ0) is 16.5. The summed E-state index contributed by atoms with van der Waals surface area (Å²) in [6.45, 7) is 0.347. The summed E-state index contributed by atoms with van der Waals surface area (Å²) in [5.74, 6) is 1.25. The minimum Gasteiger partial charge on any atom is -0.497 e. The summed E-state index contributed by atoms with van der Waals surface area (Å²) in [6, 6.07) is 15.2. The normalized spacial score (nSPS) is 10.2. The van der Waals surface area contributed by atoms with Gasteiger partial charge in [0.05, 0.1) is 20.8 Å². The molecule has 2 rings (SSSR count). The number of hydrogen-bond acceptors (Lipinski definition) is 4. The Balaban J connectivity index is 1.78. The van der Waals surface area contributed by atoms with Crippen molar-refractivity contribution in [2.45, 2.75) is 19.4 Å². The highest BCUT2D eigenvalue weighted by molar-refractivity contribution is 5.75. The van der Waals surface area contributed by atoms with Crippen LogP contribution in [-0.2, 0) is 22.7 Å². The van der Waals surface area contributed by atoms with Crippen molar-refractivity contribution in [1.29, 1.82) is 0 Å². The van der Waals surface area contributed by atoms with Gasteiger partial charge in [-0.15, -0.1) is 0 Å². The monoisotopic (exact) mass is 315 g/mol. The predicted molar refractivity (Wildman–Crippen MR) is 87.2 cm³/mol. The number of aryl methyl sites for hydroxylation is 1. The lowest BCUT2D eigenvalue weighted by atomic mass is 10.1. The molecule has 0 fully saturated rings. The number of hydrogen-bond donors (Lipinski definition) is 1. The smallest absolute Gasteiger partial charge is 0.243 e. The summed E-state index contributed by atoms with van der Waals surface area (Å²) in [6.07, 6.45) is 0.902. The largest absolute Gasteiger partial charge is 0.497 e. The van der Waals surface area contributed by atoms with Crippen LogP contribution in [0.5, 0.6) is 11.5 Å². The molecular weight excluding hydrogens is 294 g/mol. The molecule has 2 aromatic carbocycles. The van der Waals surface area contributed by atoms with Crippen LogP contribution in [0.2, 0.25) is 0 Å². The molecule has 0 bridgehead atoms. The Hall–Kier alpha value is -2.53. The van der Waals surface area contributed by atoms with E-state index >= 15 is 0 Å². The van der Waals surface area contributed by atoms with Gasteiger partial charge in [0.15, 0.2) is 0 Å². The van der Waals surface area contributed by atoms with Gasteiger partial charge in [-0.05, 0) is 29.7 Å². The lowest BCUT2D eigenvalue weighted by Crippen LogP contribution is -2.23. The predicted octanol–water partition coefficient (Wildman–Crippen LogP) is 2.88. The number of carbonyl (C=O) groups excluding carboxylic acids is 1. The molecule has 2 aromatic rings. The van der Waals surface area contributed by atoms with Crippen LogP contribution < -0.4 is 15.0 Å². The number of methoxy groups -OCH3 is 2. The standard InChI is InChI=1S/C18H21NO4/c1-21-16-10-15(11-17(12-16)22-2)8-9-18(20)19-23-13-14-6-4-3-5-7-14/h3-7,10-12H,8-9,13H2,1-2H3,(H,19,20). The molecular formula is C18H21NO4. The molecule has 5 nitrogen and oxygen atoms in total. The van der Waals surface area contributed by atoms with Crippen LogP contribution in [0, 0.1) is 0 Å². The summed E-state index contributed by atoms with van der Waals surface area (Å²) >= 11 is 0. The minimum atomic E-state index is -0.164. The van der Waals surface area contributed by atoms with E-state index in [1.165, 1.54) is 0 Å². The van der Waals surface area contributed by atoms with Crippen LogP contribution in [-0.4, -0.2) is 20.1 Å². The van der Waals surface area contributed by atoms with Crippen LogP contribution in [0.1, 0.15) is 17.5 Å². The Labute approximate surface area is 136 Å². The molecule has 0 heterocycles. The Morgan fingerprint density at radius 2 is 1.61 bits per heavy atom. The van der Waals surface area contributed by atoms with E-state index in [2.05, 4.69) is 5.48 Å². The number of nitrogens with one attached hydrogen (secondary N) is 1. The maximum Gasteiger partial charge on any atom is 0.243 e. The lowest BCUT2D eigenvalue weighted by Gasteiger charge is -2.09. The fraction of sp³-hybridized carbons (Fsp3) is 0.278. The summed E-state index contributed by atoms with van der Waals surface area (Å²) in [5.41, 5.74) is 4.43. The fourth-order valence-electron chi connectivity index (χ4n) is 2.09. The quantitative estimate of drug-likeness (QED) is 0.761. The second kappa shape index (κ2) is 8.80. The Bertz CT molecular complexity index is 606. The third kappa shape index (κ3) is 5.64. The van der Waals surface area contributed by atoms with Crippen molar-refractivity contribution in [3.63, 3.8) is 0 Å². The zero-order valence-electron chi connectivity index (χ0n) is 13.4. The zero-order valence-corrected chi connectivity index (χ0v) is 13.4. The van der Waals surface area contributed by atoms with E-state index in [9.17, 15) is 4.79 Å². The number of carbonyl (C=O) groups is 1. The summed E-state index contributed by atoms with van der Waals surface area (Å²) in [5, 5.41) is 0. The van der Waals surface area contributed by atoms with Gasteiger partial charge in [0.2, 0.25) is 5.91 Å².